The number of halogens is 1. The SMILES string of the molecule is Cc1cc(N2CCCOCC2c2ccc(OC(C)CO)cc2Cl)nc(N)n1. The molecule has 0 aliphatic carbocycles. The van der Waals surface area contributed by atoms with E-state index in [2.05, 4.69) is 14.9 Å². The molecule has 0 spiro atoms. The molecule has 2 unspecified atom stereocenters. The van der Waals surface area contributed by atoms with Crippen molar-refractivity contribution in [1.29, 1.82) is 0 Å². The highest BCUT2D eigenvalue weighted by atomic mass is 35.5. The predicted octanol–water partition coefficient (Wildman–Crippen LogP) is 2.75. The maximum absolute atomic E-state index is 9.16. The molecule has 1 fully saturated rings. The summed E-state index contributed by atoms with van der Waals surface area (Å²) in [5.41, 5.74) is 7.60. The minimum Gasteiger partial charge on any atom is -0.488 e. The van der Waals surface area contributed by atoms with Gasteiger partial charge in [-0.15, -0.1) is 0 Å². The Labute approximate surface area is 164 Å². The lowest BCUT2D eigenvalue weighted by molar-refractivity contribution is 0.129. The van der Waals surface area contributed by atoms with Crippen molar-refractivity contribution in [2.45, 2.75) is 32.4 Å². The van der Waals surface area contributed by atoms with Gasteiger partial charge in [0.2, 0.25) is 5.95 Å². The van der Waals surface area contributed by atoms with Crippen LogP contribution in [0.3, 0.4) is 0 Å². The first-order valence-electron chi connectivity index (χ1n) is 9.00. The molecule has 3 rings (SSSR count). The largest absolute Gasteiger partial charge is 0.488 e. The predicted molar refractivity (Wildman–Crippen MR) is 105 cm³/mol. The van der Waals surface area contributed by atoms with Gasteiger partial charge in [0.25, 0.3) is 0 Å². The van der Waals surface area contributed by atoms with Crippen molar-refractivity contribution in [3.05, 3.63) is 40.5 Å². The molecule has 0 amide bonds. The van der Waals surface area contributed by atoms with Crippen LogP contribution in [0.15, 0.2) is 24.3 Å². The Morgan fingerprint density at radius 1 is 1.41 bits per heavy atom. The van der Waals surface area contributed by atoms with Crippen LogP contribution in [-0.4, -0.2) is 47.5 Å². The first-order chi connectivity index (χ1) is 13.0. The van der Waals surface area contributed by atoms with Crippen molar-refractivity contribution in [2.75, 3.05) is 37.0 Å². The second-order valence-electron chi connectivity index (χ2n) is 6.66. The number of anilines is 2. The molecule has 1 aliphatic heterocycles. The van der Waals surface area contributed by atoms with E-state index >= 15 is 0 Å². The normalized spacial score (nSPS) is 18.8. The molecule has 3 N–H and O–H groups in total. The molecular formula is C19H25ClN4O3. The number of rotatable bonds is 5. The molecule has 2 atom stereocenters. The van der Waals surface area contributed by atoms with Crippen molar-refractivity contribution in [2.24, 2.45) is 0 Å². The summed E-state index contributed by atoms with van der Waals surface area (Å²) in [6, 6.07) is 7.38. The van der Waals surface area contributed by atoms with E-state index in [1.807, 2.05) is 25.1 Å². The molecule has 0 radical (unpaired) electrons. The third-order valence-corrected chi connectivity index (χ3v) is 4.74. The summed E-state index contributed by atoms with van der Waals surface area (Å²) in [5.74, 6) is 1.64. The van der Waals surface area contributed by atoms with Gasteiger partial charge < -0.3 is 25.2 Å². The Kier molecular flexibility index (Phi) is 6.36. The van der Waals surface area contributed by atoms with Crippen LogP contribution in [0.4, 0.5) is 11.8 Å². The van der Waals surface area contributed by atoms with E-state index in [1.54, 1.807) is 13.0 Å². The molecule has 8 heteroatoms. The summed E-state index contributed by atoms with van der Waals surface area (Å²) in [5, 5.41) is 9.74. The Morgan fingerprint density at radius 2 is 2.22 bits per heavy atom. The summed E-state index contributed by atoms with van der Waals surface area (Å²) in [4.78, 5) is 10.7. The maximum Gasteiger partial charge on any atom is 0.222 e. The number of nitrogens with two attached hydrogens (primary N) is 1. The summed E-state index contributed by atoms with van der Waals surface area (Å²) < 4.78 is 11.4. The Morgan fingerprint density at radius 3 is 2.93 bits per heavy atom. The smallest absolute Gasteiger partial charge is 0.222 e. The van der Waals surface area contributed by atoms with E-state index in [9.17, 15) is 0 Å². The molecule has 0 saturated carbocycles. The number of aliphatic hydroxyl groups is 1. The molecule has 2 aromatic rings. The van der Waals surface area contributed by atoms with Crippen LogP contribution in [0.2, 0.25) is 5.02 Å². The molecule has 1 saturated heterocycles. The number of nitrogen functional groups attached to an aromatic ring is 1. The van der Waals surface area contributed by atoms with E-state index in [4.69, 9.17) is 31.9 Å². The third kappa shape index (κ3) is 4.80. The first kappa shape index (κ1) is 19.7. The molecule has 146 valence electrons. The zero-order valence-electron chi connectivity index (χ0n) is 15.6. The zero-order valence-corrected chi connectivity index (χ0v) is 16.3. The molecule has 7 nitrogen and oxygen atoms in total. The highest BCUT2D eigenvalue weighted by molar-refractivity contribution is 6.31. The number of ether oxygens (including phenoxy) is 2. The van der Waals surface area contributed by atoms with Gasteiger partial charge in [-0.3, -0.25) is 0 Å². The van der Waals surface area contributed by atoms with E-state index in [1.165, 1.54) is 0 Å². The molecule has 2 heterocycles. The number of aromatic nitrogens is 2. The van der Waals surface area contributed by atoms with Gasteiger partial charge >= 0.3 is 0 Å². The number of hydrogen-bond acceptors (Lipinski definition) is 7. The van der Waals surface area contributed by atoms with Gasteiger partial charge in [0.1, 0.15) is 17.7 Å². The van der Waals surface area contributed by atoms with Crippen LogP contribution in [-0.2, 0) is 4.74 Å². The van der Waals surface area contributed by atoms with Crippen molar-refractivity contribution >= 4 is 23.4 Å². The monoisotopic (exact) mass is 392 g/mol. The van der Waals surface area contributed by atoms with Gasteiger partial charge in [0, 0.05) is 29.9 Å². The van der Waals surface area contributed by atoms with E-state index in [-0.39, 0.29) is 24.7 Å². The van der Waals surface area contributed by atoms with Crippen LogP contribution in [0.1, 0.15) is 30.6 Å². The molecule has 1 aliphatic rings. The number of aryl methyl sites for hydroxylation is 1. The van der Waals surface area contributed by atoms with Crippen molar-refractivity contribution in [3.8, 4) is 5.75 Å². The third-order valence-electron chi connectivity index (χ3n) is 4.42. The van der Waals surface area contributed by atoms with Gasteiger partial charge in [-0.05, 0) is 38.0 Å². The van der Waals surface area contributed by atoms with Gasteiger partial charge in [-0.2, -0.15) is 4.98 Å². The molecule has 1 aromatic carbocycles. The Hall–Kier alpha value is -2.09. The average molecular weight is 393 g/mol. The standard InChI is InChI=1S/C19H25ClN4O3/c1-12-8-18(23-19(21)22-12)24-6-3-7-26-11-17(24)15-5-4-14(9-16(15)20)27-13(2)10-25/h4-5,8-9,13,17,25H,3,6-7,10-11H2,1-2H3,(H2,21,22,23). The van der Waals surface area contributed by atoms with Gasteiger partial charge in [0.15, 0.2) is 0 Å². The van der Waals surface area contributed by atoms with E-state index < -0.39 is 0 Å². The number of hydrogen-bond donors (Lipinski definition) is 2. The van der Waals surface area contributed by atoms with E-state index in [0.29, 0.717) is 24.0 Å². The fourth-order valence-electron chi connectivity index (χ4n) is 3.15. The van der Waals surface area contributed by atoms with Crippen molar-refractivity contribution in [1.82, 2.24) is 9.97 Å². The van der Waals surface area contributed by atoms with Crippen molar-refractivity contribution < 1.29 is 14.6 Å². The van der Waals surface area contributed by atoms with Crippen LogP contribution < -0.4 is 15.4 Å². The lowest BCUT2D eigenvalue weighted by Gasteiger charge is -2.31. The minimum atomic E-state index is -0.295. The van der Waals surface area contributed by atoms with Crippen LogP contribution in [0.5, 0.6) is 5.75 Å². The fraction of sp³-hybridized carbons (Fsp3) is 0.474. The summed E-state index contributed by atoms with van der Waals surface area (Å²) >= 11 is 6.58. The molecule has 0 bridgehead atoms. The summed E-state index contributed by atoms with van der Waals surface area (Å²) in [6.45, 7) is 5.58. The van der Waals surface area contributed by atoms with Gasteiger partial charge in [0.05, 0.1) is 19.3 Å². The van der Waals surface area contributed by atoms with Crippen molar-refractivity contribution in [3.63, 3.8) is 0 Å². The lowest BCUT2D eigenvalue weighted by atomic mass is 10.1. The minimum absolute atomic E-state index is 0.0574. The zero-order chi connectivity index (χ0) is 19.4. The molecular weight excluding hydrogens is 368 g/mol. The van der Waals surface area contributed by atoms with Crippen LogP contribution in [0.25, 0.3) is 0 Å². The average Bonchev–Trinajstić information content (AvgIpc) is 2.87. The maximum atomic E-state index is 9.16. The highest BCUT2D eigenvalue weighted by Crippen LogP contribution is 2.35. The number of nitrogens with zero attached hydrogens (tertiary/aromatic N) is 3. The van der Waals surface area contributed by atoms with E-state index in [0.717, 1.165) is 30.0 Å². The second-order valence-corrected chi connectivity index (χ2v) is 7.06. The van der Waals surface area contributed by atoms with Gasteiger partial charge in [-0.25, -0.2) is 4.98 Å². The van der Waals surface area contributed by atoms with Crippen LogP contribution >= 0.6 is 11.6 Å². The van der Waals surface area contributed by atoms with Crippen LogP contribution in [0, 0.1) is 6.92 Å². The van der Waals surface area contributed by atoms with Gasteiger partial charge in [-0.1, -0.05) is 17.7 Å². The number of benzene rings is 1. The lowest BCUT2D eigenvalue weighted by Crippen LogP contribution is -2.32. The molecule has 1 aromatic heterocycles. The Bertz CT molecular complexity index is 769. The number of aliphatic hydroxyl groups excluding tert-OH is 1. The summed E-state index contributed by atoms with van der Waals surface area (Å²) in [7, 11) is 0. The first-order valence-corrected chi connectivity index (χ1v) is 9.38. The topological polar surface area (TPSA) is 93.7 Å². The summed E-state index contributed by atoms with van der Waals surface area (Å²) in [6.07, 6.45) is 0.586. The Balaban J connectivity index is 1.93. The molecule has 27 heavy (non-hydrogen) atoms. The fourth-order valence-corrected chi connectivity index (χ4v) is 3.45. The second kappa shape index (κ2) is 8.73. The quantitative estimate of drug-likeness (QED) is 0.807. The highest BCUT2D eigenvalue weighted by Gasteiger charge is 2.27.